The minimum Gasteiger partial charge on any atom is -0.404 e. The number of hydrazone groups is 1. The van der Waals surface area contributed by atoms with E-state index in [1.165, 1.54) is 18.6 Å². The van der Waals surface area contributed by atoms with Gasteiger partial charge in [0.2, 0.25) is 0 Å². The number of nitrogens with one attached hydrogen (secondary N) is 3. The van der Waals surface area contributed by atoms with Crippen molar-refractivity contribution >= 4 is 46.9 Å². The maximum Gasteiger partial charge on any atom is 0.165 e. The Morgan fingerprint density at radius 2 is 2.21 bits per heavy atom. The van der Waals surface area contributed by atoms with E-state index in [1.54, 1.807) is 12.3 Å². The SMILES string of the molecule is C=C(Nc1cnc(N/N=C\C=N)c(Cl)c1)C(=CN)C(CF)=NC1=C(C)CCc2ncccc21. The van der Waals surface area contributed by atoms with Crippen molar-refractivity contribution in [1.82, 2.24) is 9.97 Å². The Morgan fingerprint density at radius 1 is 1.39 bits per heavy atom. The number of anilines is 2. The van der Waals surface area contributed by atoms with Gasteiger partial charge in [0.25, 0.3) is 0 Å². The Kier molecular flexibility index (Phi) is 8.04. The number of allylic oxidation sites excluding steroid dienone is 2. The quantitative estimate of drug-likeness (QED) is 0.241. The van der Waals surface area contributed by atoms with Gasteiger partial charge in [-0.15, -0.1) is 0 Å². The molecule has 2 heterocycles. The number of aliphatic imine (C=N–C) groups is 1. The molecule has 2 aromatic heterocycles. The molecule has 0 atom stereocenters. The van der Waals surface area contributed by atoms with Gasteiger partial charge in [-0.3, -0.25) is 10.4 Å². The summed E-state index contributed by atoms with van der Waals surface area (Å²) in [5.41, 5.74) is 13.4. The Bertz CT molecular complexity index is 1180. The van der Waals surface area contributed by atoms with Gasteiger partial charge in [-0.25, -0.2) is 14.4 Å². The van der Waals surface area contributed by atoms with Gasteiger partial charge in [-0.05, 0) is 43.5 Å². The number of hydrogen-bond donors (Lipinski definition) is 4. The summed E-state index contributed by atoms with van der Waals surface area (Å²) in [6, 6.07) is 5.39. The van der Waals surface area contributed by atoms with Gasteiger partial charge in [0, 0.05) is 35.4 Å². The number of hydrogen-bond acceptors (Lipinski definition) is 8. The minimum absolute atomic E-state index is 0.152. The predicted octanol–water partition coefficient (Wildman–Crippen LogP) is 4.73. The van der Waals surface area contributed by atoms with Crippen molar-refractivity contribution < 1.29 is 4.39 Å². The summed E-state index contributed by atoms with van der Waals surface area (Å²) in [5.74, 6) is 0.318. The van der Waals surface area contributed by atoms with Crippen LogP contribution < -0.4 is 16.5 Å². The molecular formula is C23H24ClFN8. The molecule has 0 aliphatic heterocycles. The number of halogens is 2. The average molecular weight is 467 g/mol. The summed E-state index contributed by atoms with van der Waals surface area (Å²) in [6.07, 6.45) is 8.42. The minimum atomic E-state index is -0.830. The number of fused-ring (bicyclic) bond motifs is 1. The third-order valence-corrected chi connectivity index (χ3v) is 5.21. The maximum atomic E-state index is 14.1. The summed E-state index contributed by atoms with van der Waals surface area (Å²) in [7, 11) is 0. The number of alkyl halides is 1. The van der Waals surface area contributed by atoms with Gasteiger partial charge in [0.15, 0.2) is 5.82 Å². The van der Waals surface area contributed by atoms with Crippen molar-refractivity contribution in [3.63, 3.8) is 0 Å². The molecule has 0 spiro atoms. The van der Waals surface area contributed by atoms with E-state index in [0.717, 1.165) is 35.9 Å². The van der Waals surface area contributed by atoms with Crippen molar-refractivity contribution in [3.05, 3.63) is 76.5 Å². The van der Waals surface area contributed by atoms with Crippen LogP contribution in [0.5, 0.6) is 0 Å². The van der Waals surface area contributed by atoms with E-state index >= 15 is 0 Å². The van der Waals surface area contributed by atoms with Crippen LogP contribution in [0.3, 0.4) is 0 Å². The van der Waals surface area contributed by atoms with Crippen LogP contribution in [-0.2, 0) is 6.42 Å². The molecule has 1 aliphatic rings. The molecule has 3 rings (SSSR count). The second kappa shape index (κ2) is 11.1. The summed E-state index contributed by atoms with van der Waals surface area (Å²) in [4.78, 5) is 13.2. The summed E-state index contributed by atoms with van der Waals surface area (Å²) < 4.78 is 14.1. The van der Waals surface area contributed by atoms with Crippen LogP contribution in [0, 0.1) is 5.41 Å². The fraction of sp³-hybridized carbons (Fsp3) is 0.174. The lowest BCUT2D eigenvalue weighted by Gasteiger charge is -2.20. The number of nitrogens with two attached hydrogens (primary N) is 1. The van der Waals surface area contributed by atoms with E-state index in [4.69, 9.17) is 22.7 Å². The molecule has 1 aliphatic carbocycles. The van der Waals surface area contributed by atoms with E-state index in [9.17, 15) is 4.39 Å². The first kappa shape index (κ1) is 23.8. The topological polar surface area (TPSA) is 124 Å². The Balaban J connectivity index is 1.84. The van der Waals surface area contributed by atoms with Gasteiger partial charge in [-0.1, -0.05) is 18.2 Å². The van der Waals surface area contributed by atoms with E-state index in [-0.39, 0.29) is 5.71 Å². The molecule has 5 N–H and O–H groups in total. The molecule has 8 nitrogen and oxygen atoms in total. The van der Waals surface area contributed by atoms with Crippen molar-refractivity contribution in [1.29, 1.82) is 5.41 Å². The monoisotopic (exact) mass is 466 g/mol. The highest BCUT2D eigenvalue weighted by Gasteiger charge is 2.19. The lowest BCUT2D eigenvalue weighted by Crippen LogP contribution is -2.15. The first-order valence-electron chi connectivity index (χ1n) is 10.1. The molecule has 2 aromatic rings. The third-order valence-electron chi connectivity index (χ3n) is 4.92. The van der Waals surface area contributed by atoms with E-state index in [2.05, 4.69) is 37.4 Å². The van der Waals surface area contributed by atoms with E-state index in [1.807, 2.05) is 19.1 Å². The average Bonchev–Trinajstić information content (AvgIpc) is 2.81. The van der Waals surface area contributed by atoms with Gasteiger partial charge in [-0.2, -0.15) is 5.10 Å². The molecule has 170 valence electrons. The van der Waals surface area contributed by atoms with Gasteiger partial charge < -0.3 is 16.5 Å². The van der Waals surface area contributed by atoms with Crippen LogP contribution in [0.4, 0.5) is 15.9 Å². The molecule has 10 heteroatoms. The molecule has 0 amide bonds. The zero-order valence-corrected chi connectivity index (χ0v) is 18.8. The fourth-order valence-corrected chi connectivity index (χ4v) is 3.51. The lowest BCUT2D eigenvalue weighted by atomic mass is 9.94. The second-order valence-corrected chi connectivity index (χ2v) is 7.52. The van der Waals surface area contributed by atoms with E-state index < -0.39 is 6.67 Å². The molecule has 0 bridgehead atoms. The molecule has 0 fully saturated rings. The second-order valence-electron chi connectivity index (χ2n) is 7.11. The highest BCUT2D eigenvalue weighted by molar-refractivity contribution is 6.33. The number of pyridine rings is 2. The number of aryl methyl sites for hydroxylation is 1. The Labute approximate surface area is 196 Å². The van der Waals surface area contributed by atoms with Crippen molar-refractivity contribution in [2.75, 3.05) is 17.4 Å². The number of aromatic nitrogens is 2. The molecular weight excluding hydrogens is 443 g/mol. The zero-order valence-electron chi connectivity index (χ0n) is 18.1. The maximum absolute atomic E-state index is 14.1. The van der Waals surface area contributed by atoms with Crippen LogP contribution in [0.2, 0.25) is 5.02 Å². The van der Waals surface area contributed by atoms with Crippen LogP contribution in [-0.4, -0.2) is 34.8 Å². The third kappa shape index (κ3) is 5.69. The largest absolute Gasteiger partial charge is 0.404 e. The fourth-order valence-electron chi connectivity index (χ4n) is 3.30. The van der Waals surface area contributed by atoms with Gasteiger partial charge in [0.1, 0.15) is 6.67 Å². The van der Waals surface area contributed by atoms with Crippen molar-refractivity contribution in [2.24, 2.45) is 15.8 Å². The molecule has 0 aromatic carbocycles. The first-order valence-corrected chi connectivity index (χ1v) is 10.5. The van der Waals surface area contributed by atoms with Gasteiger partial charge in [0.05, 0.1) is 40.2 Å². The molecule has 0 saturated heterocycles. The standard InChI is InChI=1S/C23H24ClFN8/c1-14-5-6-20-17(4-3-8-28-20)22(14)32-21(11-25)18(12-27)15(2)31-16-10-19(24)23(29-13-16)33-30-9-7-26/h3-4,7-10,12-13,26,31H,2,5-6,11,27H2,1H3,(H,29,33)/b18-12?,26-7?,30-9-,32-21?. The van der Waals surface area contributed by atoms with Crippen molar-refractivity contribution in [2.45, 2.75) is 19.8 Å². The molecule has 0 unspecified atom stereocenters. The Morgan fingerprint density at radius 3 is 2.91 bits per heavy atom. The Hall–Kier alpha value is -3.85. The first-order chi connectivity index (χ1) is 16.0. The van der Waals surface area contributed by atoms with Crippen LogP contribution in [0.25, 0.3) is 5.70 Å². The molecule has 33 heavy (non-hydrogen) atoms. The number of nitrogens with zero attached hydrogens (tertiary/aromatic N) is 4. The summed E-state index contributed by atoms with van der Waals surface area (Å²) in [5, 5.41) is 14.0. The van der Waals surface area contributed by atoms with Gasteiger partial charge >= 0.3 is 0 Å². The highest BCUT2D eigenvalue weighted by atomic mass is 35.5. The van der Waals surface area contributed by atoms with Crippen molar-refractivity contribution in [3.8, 4) is 0 Å². The zero-order chi connectivity index (χ0) is 23.8. The highest BCUT2D eigenvalue weighted by Crippen LogP contribution is 2.32. The lowest BCUT2D eigenvalue weighted by molar-refractivity contribution is 0.581. The molecule has 0 radical (unpaired) electrons. The van der Waals surface area contributed by atoms with Crippen LogP contribution in [0.1, 0.15) is 24.6 Å². The number of rotatable bonds is 9. The summed E-state index contributed by atoms with van der Waals surface area (Å²) in [6.45, 7) is 5.14. The van der Waals surface area contributed by atoms with Crippen LogP contribution >= 0.6 is 11.6 Å². The van der Waals surface area contributed by atoms with E-state index in [0.29, 0.717) is 33.5 Å². The summed E-state index contributed by atoms with van der Waals surface area (Å²) >= 11 is 6.23. The normalized spacial score (nSPS) is 14.3. The smallest absolute Gasteiger partial charge is 0.165 e. The van der Waals surface area contributed by atoms with Crippen LogP contribution in [0.15, 0.2) is 70.3 Å². The predicted molar refractivity (Wildman–Crippen MR) is 134 cm³/mol. The molecule has 0 saturated carbocycles.